The van der Waals surface area contributed by atoms with Crippen LogP contribution in [-0.4, -0.2) is 52.1 Å². The number of aliphatic carboxylic acids is 1. The van der Waals surface area contributed by atoms with Gasteiger partial charge in [0.25, 0.3) is 0 Å². The molecule has 1 aromatic heterocycles. The van der Waals surface area contributed by atoms with Crippen molar-refractivity contribution in [3.63, 3.8) is 0 Å². The molecular formula is C20H30N2O3S2. The first-order valence-electron chi connectivity index (χ1n) is 9.45. The number of carboxylic acid groups (broad SMARTS) is 1. The summed E-state index contributed by atoms with van der Waals surface area (Å²) < 4.78 is 0. The number of carbonyl (C=O) groups is 1. The predicted octanol–water partition coefficient (Wildman–Crippen LogP) is 3.58. The summed E-state index contributed by atoms with van der Waals surface area (Å²) in [5, 5.41) is 20.6. The summed E-state index contributed by atoms with van der Waals surface area (Å²) in [7, 11) is 0. The molecule has 0 saturated heterocycles. The van der Waals surface area contributed by atoms with Gasteiger partial charge in [-0.2, -0.15) is 11.8 Å². The van der Waals surface area contributed by atoms with Crippen molar-refractivity contribution in [1.82, 2.24) is 0 Å². The van der Waals surface area contributed by atoms with Crippen LogP contribution < -0.4 is 5.73 Å². The normalized spacial score (nSPS) is 21.0. The molecule has 1 aliphatic heterocycles. The van der Waals surface area contributed by atoms with Crippen LogP contribution in [0.15, 0.2) is 17.1 Å². The number of aliphatic hydroxyl groups is 1. The topological polar surface area (TPSA) is 95.9 Å². The lowest BCUT2D eigenvalue weighted by Gasteiger charge is -2.30. The zero-order chi connectivity index (χ0) is 19.9. The van der Waals surface area contributed by atoms with Crippen molar-refractivity contribution in [1.29, 1.82) is 0 Å². The summed E-state index contributed by atoms with van der Waals surface area (Å²) in [4.78, 5) is 18.9. The fraction of sp³-hybridized carbons (Fsp3) is 0.600. The average molecular weight is 411 g/mol. The Balaban J connectivity index is 2.40. The van der Waals surface area contributed by atoms with Crippen molar-refractivity contribution in [2.24, 2.45) is 10.7 Å². The average Bonchev–Trinajstić information content (AvgIpc) is 3.06. The highest BCUT2D eigenvalue weighted by molar-refractivity contribution is 7.98. The number of nitrogens with zero attached hydrogens (tertiary/aromatic N) is 1. The number of nitrogens with two attached hydrogens (primary N) is 1. The lowest BCUT2D eigenvalue weighted by atomic mass is 9.87. The van der Waals surface area contributed by atoms with Crippen LogP contribution in [0.25, 0.3) is 6.08 Å². The first kappa shape index (κ1) is 22.1. The lowest BCUT2D eigenvalue weighted by molar-refractivity contribution is -0.159. The molecule has 0 fully saturated rings. The van der Waals surface area contributed by atoms with Gasteiger partial charge in [-0.1, -0.05) is 19.4 Å². The van der Waals surface area contributed by atoms with Crippen molar-refractivity contribution < 1.29 is 15.0 Å². The van der Waals surface area contributed by atoms with Crippen molar-refractivity contribution in [3.8, 4) is 0 Å². The molecule has 0 unspecified atom stereocenters. The minimum Gasteiger partial charge on any atom is -0.479 e. The Hall–Kier alpha value is -1.15. The van der Waals surface area contributed by atoms with Crippen LogP contribution in [0.5, 0.6) is 0 Å². The van der Waals surface area contributed by atoms with Crippen molar-refractivity contribution in [2.75, 3.05) is 18.6 Å². The van der Waals surface area contributed by atoms with E-state index in [0.717, 1.165) is 42.5 Å². The van der Waals surface area contributed by atoms with E-state index in [2.05, 4.69) is 30.1 Å². The van der Waals surface area contributed by atoms with Crippen LogP contribution in [0, 0.1) is 0 Å². The number of allylic oxidation sites excluding steroid dienone is 1. The second kappa shape index (κ2) is 10.4. The van der Waals surface area contributed by atoms with Crippen LogP contribution in [0.1, 0.15) is 54.3 Å². The zero-order valence-corrected chi connectivity index (χ0v) is 17.7. The van der Waals surface area contributed by atoms with Gasteiger partial charge >= 0.3 is 5.97 Å². The van der Waals surface area contributed by atoms with Gasteiger partial charge in [0.2, 0.25) is 0 Å². The van der Waals surface area contributed by atoms with E-state index in [9.17, 15) is 15.0 Å². The van der Waals surface area contributed by atoms with Gasteiger partial charge in [-0.3, -0.25) is 4.99 Å². The Morgan fingerprint density at radius 3 is 2.96 bits per heavy atom. The van der Waals surface area contributed by atoms with E-state index in [1.54, 1.807) is 11.3 Å². The molecule has 0 radical (unpaired) electrons. The van der Waals surface area contributed by atoms with Gasteiger partial charge in [0.05, 0.1) is 6.04 Å². The van der Waals surface area contributed by atoms with E-state index in [1.165, 1.54) is 16.6 Å². The minimum absolute atomic E-state index is 0.0746. The SMILES string of the molecule is CCCCc1cc2c(s1)/C=C\CCC/N=C\2C[C@](O)(C(=O)O)[C@@H](N)CSC. The van der Waals surface area contributed by atoms with Gasteiger partial charge in [-0.25, -0.2) is 4.79 Å². The van der Waals surface area contributed by atoms with Crippen molar-refractivity contribution in [2.45, 2.75) is 57.1 Å². The molecule has 0 saturated carbocycles. The fourth-order valence-electron chi connectivity index (χ4n) is 3.07. The van der Waals surface area contributed by atoms with Gasteiger partial charge < -0.3 is 15.9 Å². The Bertz CT molecular complexity index is 699. The summed E-state index contributed by atoms with van der Waals surface area (Å²) in [6.45, 7) is 2.79. The number of thiophene rings is 1. The maximum absolute atomic E-state index is 11.9. The predicted molar refractivity (Wildman–Crippen MR) is 116 cm³/mol. The first-order valence-corrected chi connectivity index (χ1v) is 11.7. The van der Waals surface area contributed by atoms with Gasteiger partial charge in [0.15, 0.2) is 5.60 Å². The molecule has 0 aromatic carbocycles. The summed E-state index contributed by atoms with van der Waals surface area (Å²) in [5.41, 5.74) is 5.62. The molecular weight excluding hydrogens is 380 g/mol. The smallest absolute Gasteiger partial charge is 0.337 e. The summed E-state index contributed by atoms with van der Waals surface area (Å²) in [5.74, 6) is -0.918. The van der Waals surface area contributed by atoms with Crippen LogP contribution in [0.2, 0.25) is 0 Å². The molecule has 2 atom stereocenters. The number of thioether (sulfide) groups is 1. The van der Waals surface area contributed by atoms with E-state index >= 15 is 0 Å². The third-order valence-electron chi connectivity index (χ3n) is 4.77. The first-order chi connectivity index (χ1) is 12.9. The van der Waals surface area contributed by atoms with E-state index < -0.39 is 17.6 Å². The second-order valence-corrected chi connectivity index (χ2v) is 9.01. The van der Waals surface area contributed by atoms with E-state index in [-0.39, 0.29) is 6.42 Å². The Kier molecular flexibility index (Phi) is 8.54. The zero-order valence-electron chi connectivity index (χ0n) is 16.1. The highest BCUT2D eigenvalue weighted by Crippen LogP contribution is 2.30. The number of unbranched alkanes of at least 4 members (excludes halogenated alkanes) is 1. The van der Waals surface area contributed by atoms with Crippen molar-refractivity contribution >= 4 is 40.9 Å². The quantitative estimate of drug-likeness (QED) is 0.578. The maximum atomic E-state index is 11.9. The number of hydrogen-bond acceptors (Lipinski definition) is 6. The highest BCUT2D eigenvalue weighted by atomic mass is 32.2. The molecule has 7 heteroatoms. The number of rotatable bonds is 9. The molecule has 150 valence electrons. The number of aryl methyl sites for hydroxylation is 1. The van der Waals surface area contributed by atoms with Crippen LogP contribution in [0.3, 0.4) is 0 Å². The molecule has 2 heterocycles. The van der Waals surface area contributed by atoms with Crippen molar-refractivity contribution in [3.05, 3.63) is 27.5 Å². The number of carboxylic acids is 1. The van der Waals surface area contributed by atoms with E-state index in [0.29, 0.717) is 18.0 Å². The Morgan fingerprint density at radius 1 is 1.52 bits per heavy atom. The Morgan fingerprint density at radius 2 is 2.30 bits per heavy atom. The molecule has 5 nitrogen and oxygen atoms in total. The molecule has 0 bridgehead atoms. The molecule has 1 aromatic rings. The standard InChI is InChI=1S/C20H30N2O3S2/c1-3-4-8-14-11-15-16(22-10-7-5-6-9-17(15)27-14)12-20(25,19(23)24)18(21)13-26-2/h6,9,11,18,25H,3-5,7-8,10,12-13,21H2,1-2H3,(H,23,24)/b9-6-,22-16-/t18-,20+/m0/s1. The molecule has 2 rings (SSSR count). The van der Waals surface area contributed by atoms with E-state index in [4.69, 9.17) is 5.73 Å². The van der Waals surface area contributed by atoms with Gasteiger partial charge in [-0.05, 0) is 44.1 Å². The summed E-state index contributed by atoms with van der Waals surface area (Å²) in [6, 6.07) is 1.25. The van der Waals surface area contributed by atoms with Crippen LogP contribution in [0.4, 0.5) is 0 Å². The number of fused-ring (bicyclic) bond motifs is 1. The fourth-order valence-corrected chi connectivity index (χ4v) is 4.86. The molecule has 1 aliphatic rings. The molecule has 0 spiro atoms. The number of hydrogen-bond donors (Lipinski definition) is 3. The molecule has 0 aliphatic carbocycles. The Labute approximate surface area is 169 Å². The van der Waals surface area contributed by atoms with Gasteiger partial charge in [0.1, 0.15) is 0 Å². The molecule has 4 N–H and O–H groups in total. The van der Waals surface area contributed by atoms with E-state index in [1.807, 2.05) is 6.26 Å². The van der Waals surface area contributed by atoms with Crippen LogP contribution in [-0.2, 0) is 11.2 Å². The summed E-state index contributed by atoms with van der Waals surface area (Å²) >= 11 is 3.16. The maximum Gasteiger partial charge on any atom is 0.337 e. The second-order valence-electron chi connectivity index (χ2n) is 6.94. The highest BCUT2D eigenvalue weighted by Gasteiger charge is 2.43. The monoisotopic (exact) mass is 410 g/mol. The van der Waals surface area contributed by atoms with Gasteiger partial charge in [0, 0.05) is 39.7 Å². The third-order valence-corrected chi connectivity index (χ3v) is 6.62. The minimum atomic E-state index is -2.03. The van der Waals surface area contributed by atoms with Gasteiger partial charge in [-0.15, -0.1) is 11.3 Å². The largest absolute Gasteiger partial charge is 0.479 e. The molecule has 27 heavy (non-hydrogen) atoms. The van der Waals surface area contributed by atoms with Crippen LogP contribution >= 0.6 is 23.1 Å². The third kappa shape index (κ3) is 5.67. The number of aliphatic imine (C=N–C) groups is 1. The summed E-state index contributed by atoms with van der Waals surface area (Å²) in [6.07, 6.45) is 11.1. The molecule has 0 amide bonds. The lowest BCUT2D eigenvalue weighted by Crippen LogP contribution is -2.56.